The molecule has 0 aromatic carbocycles. The zero-order valence-electron chi connectivity index (χ0n) is 9.33. The second kappa shape index (κ2) is 5.21. The van der Waals surface area contributed by atoms with Gasteiger partial charge in [0, 0.05) is 6.54 Å². The van der Waals surface area contributed by atoms with Crippen molar-refractivity contribution in [3.63, 3.8) is 0 Å². The van der Waals surface area contributed by atoms with Crippen LogP contribution in [-0.4, -0.2) is 46.7 Å². The lowest BCUT2D eigenvalue weighted by Crippen LogP contribution is -2.51. The first-order valence-corrected chi connectivity index (χ1v) is 5.33. The highest BCUT2D eigenvalue weighted by molar-refractivity contribution is 5.80. The summed E-state index contributed by atoms with van der Waals surface area (Å²) >= 11 is 0. The molecule has 1 saturated heterocycles. The lowest BCUT2D eigenvalue weighted by molar-refractivity contribution is -0.129. The molecular formula is C9H15N5O3. The molecule has 1 amide bonds. The molecule has 1 fully saturated rings. The van der Waals surface area contributed by atoms with Crippen molar-refractivity contribution in [2.45, 2.75) is 19.1 Å². The van der Waals surface area contributed by atoms with Gasteiger partial charge in [0.25, 0.3) is 0 Å². The van der Waals surface area contributed by atoms with Crippen LogP contribution in [0.25, 0.3) is 0 Å². The highest BCUT2D eigenvalue weighted by Crippen LogP contribution is 2.10. The summed E-state index contributed by atoms with van der Waals surface area (Å²) in [5.74, 6) is 0.467. The quantitative estimate of drug-likeness (QED) is 0.638. The number of carbonyl (C=O) groups is 1. The van der Waals surface area contributed by atoms with Crippen LogP contribution in [0.5, 0.6) is 0 Å². The number of morpholine rings is 1. The topological polar surface area (TPSA) is 120 Å². The van der Waals surface area contributed by atoms with E-state index in [2.05, 4.69) is 10.1 Å². The number of nitrogens with two attached hydrogens (primary N) is 2. The van der Waals surface area contributed by atoms with Gasteiger partial charge in [-0.3, -0.25) is 9.69 Å². The van der Waals surface area contributed by atoms with Crippen LogP contribution in [0.3, 0.4) is 0 Å². The van der Waals surface area contributed by atoms with Crippen molar-refractivity contribution >= 4 is 5.91 Å². The molecule has 1 aromatic heterocycles. The minimum Gasteiger partial charge on any atom is -0.378 e. The summed E-state index contributed by atoms with van der Waals surface area (Å²) in [6.07, 6.45) is 0. The highest BCUT2D eigenvalue weighted by Gasteiger charge is 2.28. The number of carbonyl (C=O) groups excluding carboxylic acids is 1. The molecule has 17 heavy (non-hydrogen) atoms. The van der Waals surface area contributed by atoms with Gasteiger partial charge >= 0.3 is 0 Å². The molecule has 0 spiro atoms. The molecule has 2 heterocycles. The van der Waals surface area contributed by atoms with Crippen molar-refractivity contribution in [1.29, 1.82) is 0 Å². The second-order valence-corrected chi connectivity index (χ2v) is 3.77. The Morgan fingerprint density at radius 2 is 2.41 bits per heavy atom. The smallest absolute Gasteiger partial charge is 0.240 e. The number of hydrogen-bond donors (Lipinski definition) is 2. The van der Waals surface area contributed by atoms with E-state index in [4.69, 9.17) is 20.7 Å². The van der Waals surface area contributed by atoms with Crippen molar-refractivity contribution in [3.8, 4) is 0 Å². The molecule has 1 aromatic rings. The molecule has 1 aliphatic rings. The summed E-state index contributed by atoms with van der Waals surface area (Å²) in [5.41, 5.74) is 10.7. The third-order valence-electron chi connectivity index (χ3n) is 2.60. The molecular weight excluding hydrogens is 226 g/mol. The Labute approximate surface area is 97.9 Å². The van der Waals surface area contributed by atoms with Crippen molar-refractivity contribution in [3.05, 3.63) is 11.7 Å². The Hall–Kier alpha value is -1.51. The summed E-state index contributed by atoms with van der Waals surface area (Å²) in [6, 6.07) is -0.441. The maximum absolute atomic E-state index is 11.2. The first kappa shape index (κ1) is 12.0. The summed E-state index contributed by atoms with van der Waals surface area (Å²) in [6.45, 7) is 2.08. The summed E-state index contributed by atoms with van der Waals surface area (Å²) in [4.78, 5) is 17.2. The zero-order valence-corrected chi connectivity index (χ0v) is 9.33. The Morgan fingerprint density at radius 3 is 3.06 bits per heavy atom. The van der Waals surface area contributed by atoms with E-state index in [0.29, 0.717) is 38.0 Å². The minimum atomic E-state index is -0.441. The maximum atomic E-state index is 11.2. The fraction of sp³-hybridized carbons (Fsp3) is 0.667. The number of nitrogens with zero attached hydrogens (tertiary/aromatic N) is 3. The molecule has 94 valence electrons. The lowest BCUT2D eigenvalue weighted by Gasteiger charge is -2.32. The van der Waals surface area contributed by atoms with E-state index in [1.54, 1.807) is 0 Å². The van der Waals surface area contributed by atoms with Crippen molar-refractivity contribution in [2.75, 3.05) is 19.8 Å². The van der Waals surface area contributed by atoms with Crippen LogP contribution in [0, 0.1) is 0 Å². The third kappa shape index (κ3) is 2.78. The molecule has 0 bridgehead atoms. The fourth-order valence-corrected chi connectivity index (χ4v) is 1.71. The fourth-order valence-electron chi connectivity index (χ4n) is 1.71. The first-order chi connectivity index (χ1) is 8.20. The average Bonchev–Trinajstić information content (AvgIpc) is 2.77. The monoisotopic (exact) mass is 241 g/mol. The van der Waals surface area contributed by atoms with Crippen molar-refractivity contribution in [2.24, 2.45) is 11.5 Å². The molecule has 0 saturated carbocycles. The van der Waals surface area contributed by atoms with Gasteiger partial charge in [-0.2, -0.15) is 4.98 Å². The number of rotatable bonds is 4. The van der Waals surface area contributed by atoms with Gasteiger partial charge in [-0.05, 0) is 0 Å². The van der Waals surface area contributed by atoms with E-state index in [-0.39, 0.29) is 6.54 Å². The Balaban J connectivity index is 2.02. The van der Waals surface area contributed by atoms with Gasteiger partial charge in [0.15, 0.2) is 5.82 Å². The molecule has 1 unspecified atom stereocenters. The van der Waals surface area contributed by atoms with Crippen LogP contribution in [-0.2, 0) is 22.6 Å². The predicted molar refractivity (Wildman–Crippen MR) is 56.4 cm³/mol. The van der Waals surface area contributed by atoms with Gasteiger partial charge in [0.2, 0.25) is 11.8 Å². The minimum absolute atomic E-state index is 0.204. The van der Waals surface area contributed by atoms with E-state index in [0.717, 1.165) is 0 Å². The standard InChI is InChI=1S/C9H15N5O3/c10-3-8-12-7(13-17-8)4-14-1-2-16-5-6(14)9(11)15/h6H,1-5,10H2,(H2,11,15). The lowest BCUT2D eigenvalue weighted by atomic mass is 10.2. The molecule has 1 atom stereocenters. The third-order valence-corrected chi connectivity index (χ3v) is 2.60. The molecule has 8 heteroatoms. The number of ether oxygens (including phenoxy) is 1. The maximum Gasteiger partial charge on any atom is 0.240 e. The van der Waals surface area contributed by atoms with Gasteiger partial charge in [-0.1, -0.05) is 5.16 Å². The summed E-state index contributed by atoms with van der Waals surface area (Å²) in [7, 11) is 0. The van der Waals surface area contributed by atoms with Crippen molar-refractivity contribution < 1.29 is 14.1 Å². The van der Waals surface area contributed by atoms with E-state index >= 15 is 0 Å². The second-order valence-electron chi connectivity index (χ2n) is 3.77. The molecule has 0 aliphatic carbocycles. The van der Waals surface area contributed by atoms with Gasteiger partial charge in [0.1, 0.15) is 6.04 Å². The van der Waals surface area contributed by atoms with Crippen LogP contribution in [0.1, 0.15) is 11.7 Å². The molecule has 1 aliphatic heterocycles. The number of aromatic nitrogens is 2. The van der Waals surface area contributed by atoms with Crippen LogP contribution in [0.2, 0.25) is 0 Å². The molecule has 8 nitrogen and oxygen atoms in total. The average molecular weight is 241 g/mol. The van der Waals surface area contributed by atoms with Gasteiger partial charge in [-0.25, -0.2) is 0 Å². The van der Waals surface area contributed by atoms with E-state index in [9.17, 15) is 4.79 Å². The van der Waals surface area contributed by atoms with E-state index < -0.39 is 11.9 Å². The van der Waals surface area contributed by atoms with E-state index in [1.165, 1.54) is 0 Å². The number of hydrogen-bond acceptors (Lipinski definition) is 7. The van der Waals surface area contributed by atoms with Crippen LogP contribution < -0.4 is 11.5 Å². The van der Waals surface area contributed by atoms with Crippen LogP contribution in [0.15, 0.2) is 4.52 Å². The number of primary amides is 1. The van der Waals surface area contributed by atoms with Gasteiger partial charge in [-0.15, -0.1) is 0 Å². The van der Waals surface area contributed by atoms with Gasteiger partial charge in [0.05, 0.1) is 26.3 Å². The zero-order chi connectivity index (χ0) is 12.3. The predicted octanol–water partition coefficient (Wildman–Crippen LogP) is -1.79. The Bertz CT molecular complexity index is 394. The van der Waals surface area contributed by atoms with Crippen LogP contribution in [0.4, 0.5) is 0 Å². The largest absolute Gasteiger partial charge is 0.378 e. The molecule has 0 radical (unpaired) electrons. The Kier molecular flexibility index (Phi) is 3.67. The number of amides is 1. The normalized spacial score (nSPS) is 21.6. The first-order valence-electron chi connectivity index (χ1n) is 5.33. The molecule has 4 N–H and O–H groups in total. The van der Waals surface area contributed by atoms with Crippen LogP contribution >= 0.6 is 0 Å². The SMILES string of the molecule is NCc1nc(CN2CCOCC2C(N)=O)no1. The van der Waals surface area contributed by atoms with Gasteiger partial charge < -0.3 is 20.7 Å². The molecule has 2 rings (SSSR count). The highest BCUT2D eigenvalue weighted by atomic mass is 16.5. The Morgan fingerprint density at radius 1 is 1.59 bits per heavy atom. The summed E-state index contributed by atoms with van der Waals surface area (Å²) < 4.78 is 10.1. The summed E-state index contributed by atoms with van der Waals surface area (Å²) in [5, 5.41) is 3.77. The van der Waals surface area contributed by atoms with E-state index in [1.807, 2.05) is 4.90 Å². The van der Waals surface area contributed by atoms with Crippen molar-refractivity contribution in [1.82, 2.24) is 15.0 Å².